The number of hydrogen-bond acceptors (Lipinski definition) is 7. The van der Waals surface area contributed by atoms with Gasteiger partial charge in [0.2, 0.25) is 0 Å². The molecular weight excluding hydrogens is 618 g/mol. The van der Waals surface area contributed by atoms with Crippen molar-refractivity contribution in [1.29, 1.82) is 0 Å². The molecule has 4 atom stereocenters. The summed E-state index contributed by atoms with van der Waals surface area (Å²) in [6, 6.07) is 27.0. The van der Waals surface area contributed by atoms with Crippen LogP contribution in [0.2, 0.25) is 5.02 Å². The van der Waals surface area contributed by atoms with E-state index in [4.69, 9.17) is 21.1 Å². The fourth-order valence-corrected chi connectivity index (χ4v) is 8.98. The monoisotopic (exact) mass is 667 g/mol. The second kappa shape index (κ2) is 17.9. The molecule has 2 saturated heterocycles. The lowest BCUT2D eigenvalue weighted by atomic mass is 9.76. The van der Waals surface area contributed by atoms with E-state index in [0.717, 1.165) is 72.3 Å². The number of fused-ring (bicyclic) bond motifs is 2. The number of nitrogens with one attached hydrogen (secondary N) is 1. The average molecular weight is 668 g/mol. The third kappa shape index (κ3) is 10.1. The molecule has 5 nitrogen and oxygen atoms in total. The molecule has 2 bridgehead atoms. The van der Waals surface area contributed by atoms with Gasteiger partial charge in [-0.05, 0) is 91.2 Å². The lowest BCUT2D eigenvalue weighted by Crippen LogP contribution is -2.50. The fourth-order valence-electron chi connectivity index (χ4n) is 7.04. The van der Waals surface area contributed by atoms with Crippen LogP contribution < -0.4 is 14.8 Å². The Hall–Kier alpha value is -1.87. The van der Waals surface area contributed by atoms with Crippen LogP contribution in [0.15, 0.2) is 72.8 Å². The first kappa shape index (κ1) is 34.5. The molecule has 0 radical (unpaired) electrons. The van der Waals surface area contributed by atoms with Crippen molar-refractivity contribution >= 4 is 35.1 Å². The van der Waals surface area contributed by atoms with Gasteiger partial charge in [-0.3, -0.25) is 0 Å². The standard InChI is InChI=1S/C37H50ClN3O2S2/c1-40-32-12-17-37(40)36(35(24-32)30-8-10-31(38)11-9-30)25-41(21-23-45-27-29-6-15-34(43-3)16-7-29)20-18-39-19-22-44-26-28-4-13-33(42-2)14-5-28/h4-11,13-16,32,35-37,39H,12,17-27H2,1-3H3/t32-,35+,36-,37+/m0/s1. The molecule has 45 heavy (non-hydrogen) atoms. The van der Waals surface area contributed by atoms with Gasteiger partial charge in [0.1, 0.15) is 11.5 Å². The number of nitrogens with zero attached hydrogens (tertiary/aromatic N) is 2. The second-order valence-electron chi connectivity index (χ2n) is 12.4. The highest BCUT2D eigenvalue weighted by atomic mass is 35.5. The van der Waals surface area contributed by atoms with E-state index in [-0.39, 0.29) is 0 Å². The van der Waals surface area contributed by atoms with Crippen molar-refractivity contribution in [3.63, 3.8) is 0 Å². The van der Waals surface area contributed by atoms with Gasteiger partial charge in [-0.2, -0.15) is 23.5 Å². The van der Waals surface area contributed by atoms with Gasteiger partial charge in [0.15, 0.2) is 0 Å². The number of piperidine rings is 1. The highest BCUT2D eigenvalue weighted by molar-refractivity contribution is 7.98. The lowest BCUT2D eigenvalue weighted by molar-refractivity contribution is 0.0728. The molecule has 5 rings (SSSR count). The molecule has 2 heterocycles. The summed E-state index contributed by atoms with van der Waals surface area (Å²) in [5.74, 6) is 7.36. The second-order valence-corrected chi connectivity index (χ2v) is 15.0. The van der Waals surface area contributed by atoms with Crippen molar-refractivity contribution in [1.82, 2.24) is 15.1 Å². The van der Waals surface area contributed by atoms with Crippen LogP contribution in [0.3, 0.4) is 0 Å². The summed E-state index contributed by atoms with van der Waals surface area (Å²) in [5, 5.41) is 4.58. The van der Waals surface area contributed by atoms with Crippen LogP contribution in [0, 0.1) is 5.92 Å². The van der Waals surface area contributed by atoms with Crippen LogP contribution in [0.25, 0.3) is 0 Å². The molecule has 0 spiro atoms. The van der Waals surface area contributed by atoms with Gasteiger partial charge >= 0.3 is 0 Å². The van der Waals surface area contributed by atoms with Gasteiger partial charge in [-0.15, -0.1) is 0 Å². The lowest BCUT2D eigenvalue weighted by Gasteiger charge is -2.45. The van der Waals surface area contributed by atoms with E-state index in [0.29, 0.717) is 23.9 Å². The van der Waals surface area contributed by atoms with E-state index in [1.165, 1.54) is 36.0 Å². The molecule has 3 aromatic carbocycles. The van der Waals surface area contributed by atoms with Crippen LogP contribution in [0.4, 0.5) is 0 Å². The van der Waals surface area contributed by atoms with Crippen molar-refractivity contribution in [3.05, 3.63) is 94.5 Å². The number of methoxy groups -OCH3 is 2. The number of hydrogen-bond donors (Lipinski definition) is 1. The molecule has 1 N–H and O–H groups in total. The largest absolute Gasteiger partial charge is 0.497 e. The zero-order valence-corrected chi connectivity index (χ0v) is 29.5. The van der Waals surface area contributed by atoms with Crippen molar-refractivity contribution in [3.8, 4) is 11.5 Å². The van der Waals surface area contributed by atoms with Gasteiger partial charge < -0.3 is 24.6 Å². The van der Waals surface area contributed by atoms with Gasteiger partial charge in [0.25, 0.3) is 0 Å². The molecule has 8 heteroatoms. The van der Waals surface area contributed by atoms with Crippen molar-refractivity contribution in [2.24, 2.45) is 5.92 Å². The normalized spacial score (nSPS) is 21.4. The predicted octanol–water partition coefficient (Wildman–Crippen LogP) is 7.68. The Bertz CT molecular complexity index is 1280. The topological polar surface area (TPSA) is 37.0 Å². The first-order chi connectivity index (χ1) is 22.0. The minimum atomic E-state index is 0.590. The summed E-state index contributed by atoms with van der Waals surface area (Å²) < 4.78 is 10.6. The quantitative estimate of drug-likeness (QED) is 0.140. The summed E-state index contributed by atoms with van der Waals surface area (Å²) in [5.41, 5.74) is 4.17. The first-order valence-corrected chi connectivity index (χ1v) is 19.0. The molecule has 0 unspecified atom stereocenters. The molecule has 2 aliphatic heterocycles. The minimum Gasteiger partial charge on any atom is -0.497 e. The Labute approximate surface area is 284 Å². The van der Waals surface area contributed by atoms with E-state index in [1.807, 2.05) is 35.7 Å². The Morgan fingerprint density at radius 2 is 1.42 bits per heavy atom. The van der Waals surface area contributed by atoms with Crippen LogP contribution in [0.1, 0.15) is 41.9 Å². The summed E-state index contributed by atoms with van der Waals surface area (Å²) in [6.45, 7) is 5.39. The fraction of sp³-hybridized carbons (Fsp3) is 0.514. The SMILES string of the molecule is COc1ccc(CSCCNCCN(CCSCc2ccc(OC)cc2)C[C@H]2[C@@H](c3ccc(Cl)cc3)C[C@@H]3CC[C@H]2N3C)cc1. The molecule has 0 aromatic heterocycles. The summed E-state index contributed by atoms with van der Waals surface area (Å²) in [7, 11) is 5.81. The minimum absolute atomic E-state index is 0.590. The maximum atomic E-state index is 6.30. The number of rotatable bonds is 18. The molecule has 2 aliphatic rings. The molecular formula is C37H50ClN3O2S2. The molecule has 0 saturated carbocycles. The Morgan fingerprint density at radius 3 is 2.04 bits per heavy atom. The van der Waals surface area contributed by atoms with Crippen LogP contribution in [0.5, 0.6) is 11.5 Å². The third-order valence-electron chi connectivity index (χ3n) is 9.63. The summed E-state index contributed by atoms with van der Waals surface area (Å²) in [4.78, 5) is 5.45. The highest BCUT2D eigenvalue weighted by Crippen LogP contribution is 2.46. The maximum Gasteiger partial charge on any atom is 0.118 e. The van der Waals surface area contributed by atoms with E-state index in [1.54, 1.807) is 14.2 Å². The summed E-state index contributed by atoms with van der Waals surface area (Å²) in [6.07, 6.45) is 3.90. The number of thioether (sulfide) groups is 2. The Balaban J connectivity index is 1.15. The number of halogens is 1. The maximum absolute atomic E-state index is 6.30. The molecule has 0 amide bonds. The van der Waals surface area contributed by atoms with Crippen LogP contribution in [-0.4, -0.2) is 87.4 Å². The zero-order chi connectivity index (χ0) is 31.4. The van der Waals surface area contributed by atoms with Crippen molar-refractivity contribution < 1.29 is 9.47 Å². The number of ether oxygens (including phenoxy) is 2. The Morgan fingerprint density at radius 1 is 0.800 bits per heavy atom. The number of benzene rings is 3. The van der Waals surface area contributed by atoms with E-state index in [2.05, 4.69) is 82.8 Å². The molecule has 2 fully saturated rings. The van der Waals surface area contributed by atoms with Crippen LogP contribution >= 0.6 is 35.1 Å². The molecule has 0 aliphatic carbocycles. The van der Waals surface area contributed by atoms with Gasteiger partial charge in [-0.25, -0.2) is 0 Å². The van der Waals surface area contributed by atoms with E-state index in [9.17, 15) is 0 Å². The first-order valence-electron chi connectivity index (χ1n) is 16.4. The molecule has 244 valence electrons. The zero-order valence-electron chi connectivity index (χ0n) is 27.1. The van der Waals surface area contributed by atoms with Crippen molar-refractivity contribution in [2.45, 2.75) is 48.8 Å². The van der Waals surface area contributed by atoms with E-state index >= 15 is 0 Å². The highest BCUT2D eigenvalue weighted by Gasteiger charge is 2.46. The van der Waals surface area contributed by atoms with Gasteiger partial charge in [0.05, 0.1) is 14.2 Å². The van der Waals surface area contributed by atoms with Gasteiger partial charge in [-0.1, -0.05) is 48.0 Å². The van der Waals surface area contributed by atoms with Crippen molar-refractivity contribution in [2.75, 3.05) is 65.5 Å². The predicted molar refractivity (Wildman–Crippen MR) is 194 cm³/mol. The summed E-state index contributed by atoms with van der Waals surface area (Å²) >= 11 is 10.3. The Kier molecular flexibility index (Phi) is 13.7. The van der Waals surface area contributed by atoms with E-state index < -0.39 is 0 Å². The molecule has 3 aromatic rings. The third-order valence-corrected chi connectivity index (χ3v) is 11.9. The average Bonchev–Trinajstić information content (AvgIpc) is 3.32. The smallest absolute Gasteiger partial charge is 0.118 e. The van der Waals surface area contributed by atoms with Gasteiger partial charge in [0, 0.05) is 72.8 Å². The van der Waals surface area contributed by atoms with Crippen LogP contribution in [-0.2, 0) is 11.5 Å².